The molecule has 1 aromatic carbocycles. The number of thioether (sulfide) groups is 1. The number of hydrogen-bond acceptors (Lipinski definition) is 4. The fourth-order valence-corrected chi connectivity index (χ4v) is 2.62. The van der Waals surface area contributed by atoms with Crippen LogP contribution in [0.4, 0.5) is 0 Å². The lowest BCUT2D eigenvalue weighted by molar-refractivity contribution is -0.122. The first-order valence-electron chi connectivity index (χ1n) is 6.83. The number of benzene rings is 1. The van der Waals surface area contributed by atoms with Crippen LogP contribution in [0.5, 0.6) is 0 Å². The van der Waals surface area contributed by atoms with Gasteiger partial charge in [0.2, 0.25) is 5.91 Å². The Balaban J connectivity index is 1.92. The van der Waals surface area contributed by atoms with Crippen LogP contribution in [0.1, 0.15) is 6.42 Å². The van der Waals surface area contributed by atoms with Gasteiger partial charge in [-0.25, -0.2) is 4.79 Å². The van der Waals surface area contributed by atoms with Crippen LogP contribution < -0.4 is 16.7 Å². The summed E-state index contributed by atoms with van der Waals surface area (Å²) in [6.07, 6.45) is 2.63. The van der Waals surface area contributed by atoms with Crippen molar-refractivity contribution in [2.75, 3.05) is 18.6 Å². The molecule has 0 bridgehead atoms. The minimum Gasteiger partial charge on any atom is -0.353 e. The number of aromatic amines is 1. The smallest absolute Gasteiger partial charge is 0.326 e. The van der Waals surface area contributed by atoms with E-state index in [1.165, 1.54) is 0 Å². The van der Waals surface area contributed by atoms with Crippen LogP contribution in [0.25, 0.3) is 11.0 Å². The van der Waals surface area contributed by atoms with E-state index in [1.807, 2.05) is 30.5 Å². The standard InChI is InChI=1S/C14H20N4O2S/c1-21-9-6-10(15)13(19)16-7-8-18-12-5-3-2-4-11(12)17-14(18)20/h2-5,10H,6-9,15H2,1H3,(H,16,19)(H,17,20)/t10-/m0/s1. The van der Waals surface area contributed by atoms with Crippen molar-refractivity contribution in [1.29, 1.82) is 0 Å². The predicted molar refractivity (Wildman–Crippen MR) is 86.5 cm³/mol. The maximum absolute atomic E-state index is 11.9. The average Bonchev–Trinajstić information content (AvgIpc) is 2.80. The fraction of sp³-hybridized carbons (Fsp3) is 0.429. The van der Waals surface area contributed by atoms with Crippen LogP contribution in [-0.4, -0.2) is 40.1 Å². The van der Waals surface area contributed by atoms with Gasteiger partial charge in [-0.05, 0) is 30.6 Å². The molecule has 114 valence electrons. The Morgan fingerprint density at radius 1 is 1.48 bits per heavy atom. The molecule has 0 aliphatic rings. The number of rotatable bonds is 7. The van der Waals surface area contributed by atoms with E-state index in [1.54, 1.807) is 16.3 Å². The molecule has 0 spiro atoms. The summed E-state index contributed by atoms with van der Waals surface area (Å²) in [6.45, 7) is 0.803. The number of para-hydroxylation sites is 2. The van der Waals surface area contributed by atoms with E-state index in [9.17, 15) is 9.59 Å². The lowest BCUT2D eigenvalue weighted by Gasteiger charge is -2.11. The Labute approximate surface area is 127 Å². The van der Waals surface area contributed by atoms with Crippen LogP contribution >= 0.6 is 11.8 Å². The highest BCUT2D eigenvalue weighted by atomic mass is 32.2. The van der Waals surface area contributed by atoms with Crippen molar-refractivity contribution in [3.63, 3.8) is 0 Å². The molecule has 21 heavy (non-hydrogen) atoms. The number of hydrogen-bond donors (Lipinski definition) is 3. The van der Waals surface area contributed by atoms with Gasteiger partial charge in [-0.15, -0.1) is 0 Å². The molecule has 2 aromatic rings. The van der Waals surface area contributed by atoms with Crippen molar-refractivity contribution in [2.24, 2.45) is 5.73 Å². The second kappa shape index (κ2) is 7.33. The van der Waals surface area contributed by atoms with Gasteiger partial charge in [0.15, 0.2) is 0 Å². The Morgan fingerprint density at radius 3 is 3.00 bits per heavy atom. The first kappa shape index (κ1) is 15.7. The number of nitrogens with two attached hydrogens (primary N) is 1. The molecule has 0 radical (unpaired) electrons. The predicted octanol–water partition coefficient (Wildman–Crippen LogP) is 0.526. The van der Waals surface area contributed by atoms with Crippen LogP contribution in [0.2, 0.25) is 0 Å². The lowest BCUT2D eigenvalue weighted by atomic mass is 10.2. The normalized spacial score (nSPS) is 12.5. The first-order chi connectivity index (χ1) is 10.1. The zero-order valence-corrected chi connectivity index (χ0v) is 12.8. The van der Waals surface area contributed by atoms with E-state index < -0.39 is 6.04 Å². The Bertz CT molecular complexity index is 664. The number of nitrogens with zero attached hydrogens (tertiary/aromatic N) is 1. The molecular formula is C14H20N4O2S. The molecule has 7 heteroatoms. The Morgan fingerprint density at radius 2 is 2.24 bits per heavy atom. The number of carbonyl (C=O) groups is 1. The summed E-state index contributed by atoms with van der Waals surface area (Å²) in [5, 5.41) is 2.77. The van der Waals surface area contributed by atoms with E-state index in [-0.39, 0.29) is 11.6 Å². The minimum absolute atomic E-state index is 0.169. The van der Waals surface area contributed by atoms with E-state index in [4.69, 9.17) is 5.73 Å². The highest BCUT2D eigenvalue weighted by molar-refractivity contribution is 7.98. The number of aromatic nitrogens is 2. The first-order valence-corrected chi connectivity index (χ1v) is 8.22. The van der Waals surface area contributed by atoms with E-state index in [0.29, 0.717) is 19.5 Å². The summed E-state index contributed by atoms with van der Waals surface area (Å²) >= 11 is 1.66. The number of amides is 1. The molecule has 6 nitrogen and oxygen atoms in total. The Hall–Kier alpha value is -1.73. The van der Waals surface area contributed by atoms with Gasteiger partial charge in [-0.3, -0.25) is 9.36 Å². The fourth-order valence-electron chi connectivity index (χ4n) is 2.13. The molecule has 0 saturated carbocycles. The largest absolute Gasteiger partial charge is 0.353 e. The van der Waals surface area contributed by atoms with Crippen LogP contribution in [-0.2, 0) is 11.3 Å². The van der Waals surface area contributed by atoms with Crippen molar-refractivity contribution in [2.45, 2.75) is 19.0 Å². The summed E-state index contributed by atoms with van der Waals surface area (Å²) in [4.78, 5) is 26.4. The molecule has 2 rings (SSSR count). The molecule has 1 amide bonds. The minimum atomic E-state index is -0.489. The highest BCUT2D eigenvalue weighted by Gasteiger charge is 2.12. The third kappa shape index (κ3) is 3.89. The number of H-pyrrole nitrogens is 1. The maximum atomic E-state index is 11.9. The number of carbonyl (C=O) groups excluding carboxylic acids is 1. The molecule has 0 fully saturated rings. The molecule has 1 atom stereocenters. The quantitative estimate of drug-likeness (QED) is 0.695. The second-order valence-electron chi connectivity index (χ2n) is 4.78. The number of imidazole rings is 1. The van der Waals surface area contributed by atoms with Crippen molar-refractivity contribution in [1.82, 2.24) is 14.9 Å². The molecule has 4 N–H and O–H groups in total. The molecular weight excluding hydrogens is 288 g/mol. The van der Waals surface area contributed by atoms with Gasteiger partial charge >= 0.3 is 5.69 Å². The third-order valence-electron chi connectivity index (χ3n) is 3.29. The van der Waals surface area contributed by atoms with Crippen LogP contribution in [0.3, 0.4) is 0 Å². The number of fused-ring (bicyclic) bond motifs is 1. The van der Waals surface area contributed by atoms with Crippen molar-refractivity contribution in [3.05, 3.63) is 34.7 Å². The van der Waals surface area contributed by atoms with E-state index in [2.05, 4.69) is 10.3 Å². The lowest BCUT2D eigenvalue weighted by Crippen LogP contribution is -2.42. The summed E-state index contributed by atoms with van der Waals surface area (Å²) in [5.74, 6) is 0.688. The van der Waals surface area contributed by atoms with Gasteiger partial charge in [0.1, 0.15) is 0 Å². The van der Waals surface area contributed by atoms with Gasteiger partial charge in [-0.1, -0.05) is 12.1 Å². The molecule has 0 aliphatic carbocycles. The third-order valence-corrected chi connectivity index (χ3v) is 3.93. The molecule has 1 aromatic heterocycles. The van der Waals surface area contributed by atoms with Gasteiger partial charge in [0, 0.05) is 13.1 Å². The average molecular weight is 308 g/mol. The highest BCUT2D eigenvalue weighted by Crippen LogP contribution is 2.08. The molecule has 0 saturated heterocycles. The maximum Gasteiger partial charge on any atom is 0.326 e. The van der Waals surface area contributed by atoms with Gasteiger partial charge < -0.3 is 16.0 Å². The summed E-state index contributed by atoms with van der Waals surface area (Å²) in [6, 6.07) is 6.99. The molecule has 0 unspecified atom stereocenters. The van der Waals surface area contributed by atoms with E-state index >= 15 is 0 Å². The molecule has 1 heterocycles. The topological polar surface area (TPSA) is 92.9 Å². The van der Waals surface area contributed by atoms with E-state index in [0.717, 1.165) is 16.8 Å². The van der Waals surface area contributed by atoms with Gasteiger partial charge in [0.25, 0.3) is 0 Å². The summed E-state index contributed by atoms with van der Waals surface area (Å²) in [5.41, 5.74) is 7.25. The molecule has 0 aliphatic heterocycles. The summed E-state index contributed by atoms with van der Waals surface area (Å²) < 4.78 is 1.61. The zero-order chi connectivity index (χ0) is 15.2. The van der Waals surface area contributed by atoms with Crippen LogP contribution in [0, 0.1) is 0 Å². The Kier molecular flexibility index (Phi) is 5.46. The van der Waals surface area contributed by atoms with Crippen molar-refractivity contribution >= 4 is 28.7 Å². The van der Waals surface area contributed by atoms with Crippen molar-refractivity contribution < 1.29 is 4.79 Å². The SMILES string of the molecule is CSCC[C@H](N)C(=O)NCCn1c(=O)[nH]c2ccccc21. The zero-order valence-electron chi connectivity index (χ0n) is 12.0. The van der Waals surface area contributed by atoms with Gasteiger partial charge in [0.05, 0.1) is 17.1 Å². The second-order valence-corrected chi connectivity index (χ2v) is 5.76. The monoisotopic (exact) mass is 308 g/mol. The van der Waals surface area contributed by atoms with Gasteiger partial charge in [-0.2, -0.15) is 11.8 Å². The van der Waals surface area contributed by atoms with Crippen molar-refractivity contribution in [3.8, 4) is 0 Å². The van der Waals surface area contributed by atoms with Crippen LogP contribution in [0.15, 0.2) is 29.1 Å². The number of nitrogens with one attached hydrogen (secondary N) is 2. The summed E-state index contributed by atoms with van der Waals surface area (Å²) in [7, 11) is 0.